The van der Waals surface area contributed by atoms with Crippen molar-refractivity contribution < 1.29 is 18.7 Å². The van der Waals surface area contributed by atoms with Crippen LogP contribution in [0.2, 0.25) is 0 Å². The molecule has 7 heteroatoms. The minimum Gasteiger partial charge on any atom is -0.449 e. The van der Waals surface area contributed by atoms with Gasteiger partial charge in [0.25, 0.3) is 5.91 Å². The summed E-state index contributed by atoms with van der Waals surface area (Å²) in [4.78, 5) is 25.4. The quantitative estimate of drug-likeness (QED) is 0.462. The van der Waals surface area contributed by atoms with Gasteiger partial charge in [0, 0.05) is 37.5 Å². The average Bonchev–Trinajstić information content (AvgIpc) is 3.17. The van der Waals surface area contributed by atoms with Crippen molar-refractivity contribution in [2.24, 2.45) is 0 Å². The Bertz CT molecular complexity index is 1060. The zero-order chi connectivity index (χ0) is 21.7. The second-order valence-corrected chi connectivity index (χ2v) is 6.87. The topological polar surface area (TPSA) is 64.4 Å². The minimum absolute atomic E-state index is 0.305. The Balaban J connectivity index is 1.89. The van der Waals surface area contributed by atoms with E-state index in [9.17, 15) is 14.0 Å². The van der Waals surface area contributed by atoms with Gasteiger partial charge in [-0.2, -0.15) is 5.10 Å². The van der Waals surface area contributed by atoms with E-state index in [0.717, 1.165) is 5.69 Å². The third-order valence-corrected chi connectivity index (χ3v) is 4.36. The van der Waals surface area contributed by atoms with Gasteiger partial charge in [0.2, 0.25) is 0 Å². The highest BCUT2D eigenvalue weighted by molar-refractivity contribution is 5.91. The SMILES string of the molecule is C[C@H](OC(=O)/C=C/c1cn(-c2ccccc2)nc1-c1ccc(F)cc1)C(=O)N(C)C. The van der Waals surface area contributed by atoms with Gasteiger partial charge in [0.05, 0.1) is 11.4 Å². The van der Waals surface area contributed by atoms with Gasteiger partial charge in [0.1, 0.15) is 5.82 Å². The van der Waals surface area contributed by atoms with Crippen molar-refractivity contribution in [2.75, 3.05) is 14.1 Å². The molecule has 0 saturated carbocycles. The lowest BCUT2D eigenvalue weighted by molar-refractivity contribution is -0.153. The van der Waals surface area contributed by atoms with Crippen molar-refractivity contribution in [3.05, 3.63) is 78.3 Å². The Morgan fingerprint density at radius 2 is 1.77 bits per heavy atom. The molecule has 3 aromatic rings. The highest BCUT2D eigenvalue weighted by atomic mass is 19.1. The van der Waals surface area contributed by atoms with Crippen LogP contribution in [0.1, 0.15) is 12.5 Å². The zero-order valence-corrected chi connectivity index (χ0v) is 16.9. The normalized spacial score (nSPS) is 12.0. The van der Waals surface area contributed by atoms with Crippen molar-refractivity contribution in [3.8, 4) is 16.9 Å². The van der Waals surface area contributed by atoms with E-state index in [1.54, 1.807) is 43.2 Å². The van der Waals surface area contributed by atoms with E-state index < -0.39 is 12.1 Å². The Morgan fingerprint density at radius 1 is 1.10 bits per heavy atom. The van der Waals surface area contributed by atoms with E-state index >= 15 is 0 Å². The molecule has 0 spiro atoms. The van der Waals surface area contributed by atoms with Crippen LogP contribution in [-0.2, 0) is 14.3 Å². The maximum atomic E-state index is 13.3. The molecule has 0 N–H and O–H groups in total. The Kier molecular flexibility index (Phi) is 6.41. The van der Waals surface area contributed by atoms with Gasteiger partial charge in [0.15, 0.2) is 6.10 Å². The lowest BCUT2D eigenvalue weighted by atomic mass is 10.1. The standard InChI is InChI=1S/C23H22FN3O3/c1-16(23(29)26(2)3)30-21(28)14-11-18-15-27(20-7-5-4-6-8-20)25-22(18)17-9-12-19(24)13-10-17/h4-16H,1-3H3/b14-11+/t16-/m0/s1. The predicted octanol–water partition coefficient (Wildman–Crippen LogP) is 3.71. The number of nitrogens with zero attached hydrogens (tertiary/aromatic N) is 3. The Hall–Kier alpha value is -3.74. The summed E-state index contributed by atoms with van der Waals surface area (Å²) in [5.41, 5.74) is 2.78. The number of hydrogen-bond acceptors (Lipinski definition) is 4. The van der Waals surface area contributed by atoms with Crippen molar-refractivity contribution in [2.45, 2.75) is 13.0 Å². The second kappa shape index (κ2) is 9.17. The van der Waals surface area contributed by atoms with Crippen LogP contribution in [0.25, 0.3) is 23.0 Å². The number of rotatable bonds is 6. The monoisotopic (exact) mass is 407 g/mol. The van der Waals surface area contributed by atoms with Gasteiger partial charge >= 0.3 is 5.97 Å². The molecule has 1 aromatic heterocycles. The number of hydrogen-bond donors (Lipinski definition) is 0. The first-order chi connectivity index (χ1) is 14.3. The summed E-state index contributed by atoms with van der Waals surface area (Å²) in [6, 6.07) is 15.5. The Labute approximate surface area is 174 Å². The van der Waals surface area contributed by atoms with E-state index in [1.165, 1.54) is 30.0 Å². The maximum absolute atomic E-state index is 13.3. The molecule has 0 radical (unpaired) electrons. The van der Waals surface area contributed by atoms with E-state index in [4.69, 9.17) is 4.74 Å². The van der Waals surface area contributed by atoms with Crippen LogP contribution in [0.5, 0.6) is 0 Å². The first-order valence-electron chi connectivity index (χ1n) is 9.36. The lowest BCUT2D eigenvalue weighted by Crippen LogP contribution is -2.34. The molecule has 154 valence electrons. The maximum Gasteiger partial charge on any atom is 0.331 e. The smallest absolute Gasteiger partial charge is 0.331 e. The number of carbonyl (C=O) groups is 2. The lowest BCUT2D eigenvalue weighted by Gasteiger charge is -2.16. The van der Waals surface area contributed by atoms with E-state index in [-0.39, 0.29) is 11.7 Å². The van der Waals surface area contributed by atoms with Gasteiger partial charge < -0.3 is 9.64 Å². The van der Waals surface area contributed by atoms with E-state index in [2.05, 4.69) is 5.10 Å². The van der Waals surface area contributed by atoms with Crippen molar-refractivity contribution in [1.29, 1.82) is 0 Å². The van der Waals surface area contributed by atoms with Crippen molar-refractivity contribution in [1.82, 2.24) is 14.7 Å². The molecule has 0 aliphatic rings. The molecule has 3 rings (SSSR count). The van der Waals surface area contributed by atoms with E-state index in [1.807, 2.05) is 30.3 Å². The molecule has 1 amide bonds. The summed E-state index contributed by atoms with van der Waals surface area (Å²) < 4.78 is 20.2. The number of amides is 1. The van der Waals surface area contributed by atoms with Crippen LogP contribution in [0.3, 0.4) is 0 Å². The van der Waals surface area contributed by atoms with Gasteiger partial charge in [-0.15, -0.1) is 0 Å². The summed E-state index contributed by atoms with van der Waals surface area (Å²) in [6.07, 6.45) is 3.70. The molecule has 0 aliphatic heterocycles. The highest BCUT2D eigenvalue weighted by Gasteiger charge is 2.18. The molecule has 0 bridgehead atoms. The average molecular weight is 407 g/mol. The van der Waals surface area contributed by atoms with Gasteiger partial charge in [-0.05, 0) is 49.4 Å². The first-order valence-corrected chi connectivity index (χ1v) is 9.36. The molecule has 1 heterocycles. The molecule has 2 aromatic carbocycles. The first kappa shape index (κ1) is 21.0. The largest absolute Gasteiger partial charge is 0.449 e. The fourth-order valence-electron chi connectivity index (χ4n) is 2.84. The van der Waals surface area contributed by atoms with Crippen LogP contribution < -0.4 is 0 Å². The molecule has 30 heavy (non-hydrogen) atoms. The number of esters is 1. The summed E-state index contributed by atoms with van der Waals surface area (Å²) in [5.74, 6) is -1.29. The third kappa shape index (κ3) is 5.00. The predicted molar refractivity (Wildman–Crippen MR) is 112 cm³/mol. The van der Waals surface area contributed by atoms with Crippen LogP contribution in [0.15, 0.2) is 66.9 Å². The van der Waals surface area contributed by atoms with Crippen LogP contribution in [0.4, 0.5) is 4.39 Å². The molecule has 1 atom stereocenters. The number of halogens is 1. The minimum atomic E-state index is -0.888. The van der Waals surface area contributed by atoms with Gasteiger partial charge in [-0.1, -0.05) is 18.2 Å². The molecule has 0 fully saturated rings. The number of likely N-dealkylation sites (N-methyl/N-ethyl adjacent to an activating group) is 1. The number of carbonyl (C=O) groups excluding carboxylic acids is 2. The molecule has 0 aliphatic carbocycles. The van der Waals surface area contributed by atoms with Gasteiger partial charge in [-0.3, -0.25) is 4.79 Å². The third-order valence-electron chi connectivity index (χ3n) is 4.36. The zero-order valence-electron chi connectivity index (χ0n) is 16.9. The van der Waals surface area contributed by atoms with Crippen molar-refractivity contribution in [3.63, 3.8) is 0 Å². The molecular formula is C23H22FN3O3. The van der Waals surface area contributed by atoms with Crippen molar-refractivity contribution >= 4 is 18.0 Å². The Morgan fingerprint density at radius 3 is 2.40 bits per heavy atom. The van der Waals surface area contributed by atoms with E-state index in [0.29, 0.717) is 16.8 Å². The summed E-state index contributed by atoms with van der Waals surface area (Å²) in [7, 11) is 3.19. The fraction of sp³-hybridized carbons (Fsp3) is 0.174. The molecular weight excluding hydrogens is 385 g/mol. The van der Waals surface area contributed by atoms with Gasteiger partial charge in [-0.25, -0.2) is 13.9 Å². The molecule has 6 nitrogen and oxygen atoms in total. The second-order valence-electron chi connectivity index (χ2n) is 6.87. The number of para-hydroxylation sites is 1. The van der Waals surface area contributed by atoms with Crippen LogP contribution >= 0.6 is 0 Å². The van der Waals surface area contributed by atoms with Crippen LogP contribution in [0, 0.1) is 5.82 Å². The van der Waals surface area contributed by atoms with Crippen LogP contribution in [-0.4, -0.2) is 46.8 Å². The number of benzene rings is 2. The number of ether oxygens (including phenoxy) is 1. The summed E-state index contributed by atoms with van der Waals surface area (Å²) in [5, 5.41) is 4.60. The summed E-state index contributed by atoms with van der Waals surface area (Å²) >= 11 is 0. The summed E-state index contributed by atoms with van der Waals surface area (Å²) in [6.45, 7) is 1.52. The highest BCUT2D eigenvalue weighted by Crippen LogP contribution is 2.25. The number of aromatic nitrogens is 2. The fourth-order valence-corrected chi connectivity index (χ4v) is 2.84. The molecule has 0 saturated heterocycles. The molecule has 0 unspecified atom stereocenters.